The number of nitrogens with one attached hydrogen (secondary N) is 1. The topological polar surface area (TPSA) is 164 Å². The third-order valence-corrected chi connectivity index (χ3v) is 6.97. The Hall–Kier alpha value is -3.54. The Morgan fingerprint density at radius 1 is 1.37 bits per heavy atom. The second kappa shape index (κ2) is 9.98. The molecule has 0 bridgehead atoms. The molecule has 3 aromatic rings. The van der Waals surface area contributed by atoms with E-state index in [2.05, 4.69) is 20.0 Å². The fourth-order valence-electron chi connectivity index (χ4n) is 3.60. The SMILES string of the molecule is COc1nc(N)nc2c1ncn2[C@H]1C=C[C@@H](COP(=O)(N[C@@H](C)C(=O)O)Oc2ccccc2F)C1. The van der Waals surface area contributed by atoms with E-state index in [1.165, 1.54) is 32.2 Å². The van der Waals surface area contributed by atoms with Crippen molar-refractivity contribution in [2.45, 2.75) is 25.4 Å². The number of hydrogen-bond acceptors (Lipinski definition) is 9. The molecule has 0 amide bonds. The minimum atomic E-state index is -4.24. The monoisotopic (exact) mass is 506 g/mol. The van der Waals surface area contributed by atoms with Gasteiger partial charge in [-0.25, -0.2) is 13.9 Å². The number of carboxylic acid groups (broad SMARTS) is 1. The Morgan fingerprint density at radius 2 is 2.14 bits per heavy atom. The number of benzene rings is 1. The van der Waals surface area contributed by atoms with Crippen molar-refractivity contribution >= 4 is 30.8 Å². The summed E-state index contributed by atoms with van der Waals surface area (Å²) in [5, 5.41) is 11.5. The minimum absolute atomic E-state index is 0.0443. The van der Waals surface area contributed by atoms with Crippen LogP contribution in [0, 0.1) is 11.7 Å². The summed E-state index contributed by atoms with van der Waals surface area (Å²) in [6.07, 6.45) is 5.91. The molecular formula is C21H24FN6O6P. The molecule has 0 fully saturated rings. The molecule has 0 radical (unpaired) electrons. The number of aromatic nitrogens is 4. The maximum Gasteiger partial charge on any atom is 0.459 e. The zero-order valence-corrected chi connectivity index (χ0v) is 19.8. The average molecular weight is 506 g/mol. The predicted octanol–water partition coefficient (Wildman–Crippen LogP) is 2.94. The van der Waals surface area contributed by atoms with Gasteiger partial charge < -0.3 is 24.7 Å². The Balaban J connectivity index is 1.48. The van der Waals surface area contributed by atoms with Gasteiger partial charge in [0.1, 0.15) is 6.04 Å². The summed E-state index contributed by atoms with van der Waals surface area (Å²) < 4.78 is 45.3. The number of fused-ring (bicyclic) bond motifs is 1. The lowest BCUT2D eigenvalue weighted by Gasteiger charge is -2.23. The van der Waals surface area contributed by atoms with Gasteiger partial charge in [0.15, 0.2) is 22.7 Å². The number of ether oxygens (including phenoxy) is 1. The van der Waals surface area contributed by atoms with Gasteiger partial charge in [-0.3, -0.25) is 9.32 Å². The fraction of sp³-hybridized carbons (Fsp3) is 0.333. The summed E-state index contributed by atoms with van der Waals surface area (Å²) >= 11 is 0. The van der Waals surface area contributed by atoms with E-state index in [1.807, 2.05) is 16.7 Å². The first kappa shape index (κ1) is 24.6. The van der Waals surface area contributed by atoms with Crippen molar-refractivity contribution in [2.24, 2.45) is 5.92 Å². The molecule has 0 spiro atoms. The lowest BCUT2D eigenvalue weighted by Crippen LogP contribution is -2.33. The molecule has 1 aliphatic rings. The number of carbonyl (C=O) groups is 1. The van der Waals surface area contributed by atoms with Gasteiger partial charge >= 0.3 is 13.7 Å². The number of methoxy groups -OCH3 is 1. The van der Waals surface area contributed by atoms with Crippen LogP contribution in [0.5, 0.6) is 11.6 Å². The van der Waals surface area contributed by atoms with Crippen molar-refractivity contribution in [3.8, 4) is 11.6 Å². The standard InChI is InChI=1S/C21H24FN6O6P/c1-12(20(29)30)27-35(31,34-16-6-4-3-5-15(16)22)33-10-13-7-8-14(9-13)28-11-24-17-18(28)25-21(23)26-19(17)32-2/h3-8,11-14H,9-10H2,1-2H3,(H,27,31)(H,29,30)(H2,23,25,26)/t12-,13+,14-,35?/m0/s1. The van der Waals surface area contributed by atoms with Crippen molar-refractivity contribution in [1.82, 2.24) is 24.6 Å². The summed E-state index contributed by atoms with van der Waals surface area (Å²) in [7, 11) is -2.78. The third kappa shape index (κ3) is 5.42. The highest BCUT2D eigenvalue weighted by atomic mass is 31.2. The Kier molecular flexibility index (Phi) is 7.01. The van der Waals surface area contributed by atoms with Crippen LogP contribution < -0.4 is 20.1 Å². The smallest absolute Gasteiger partial charge is 0.459 e. The second-order valence-electron chi connectivity index (χ2n) is 7.87. The highest BCUT2D eigenvalue weighted by molar-refractivity contribution is 7.52. The number of nitrogens with zero attached hydrogens (tertiary/aromatic N) is 4. The van der Waals surface area contributed by atoms with Crippen LogP contribution in [0.3, 0.4) is 0 Å². The van der Waals surface area contributed by atoms with Gasteiger partial charge in [-0.1, -0.05) is 24.3 Å². The molecule has 35 heavy (non-hydrogen) atoms. The van der Waals surface area contributed by atoms with E-state index in [0.29, 0.717) is 17.6 Å². The van der Waals surface area contributed by atoms with E-state index in [0.717, 1.165) is 6.07 Å². The van der Waals surface area contributed by atoms with Gasteiger partial charge in [0.25, 0.3) is 0 Å². The van der Waals surface area contributed by atoms with Crippen LogP contribution >= 0.6 is 7.75 Å². The quantitative estimate of drug-likeness (QED) is 0.274. The predicted molar refractivity (Wildman–Crippen MR) is 123 cm³/mol. The van der Waals surface area contributed by atoms with Crippen LogP contribution in [0.4, 0.5) is 10.3 Å². The zero-order valence-electron chi connectivity index (χ0n) is 18.9. The molecule has 1 aliphatic carbocycles. The van der Waals surface area contributed by atoms with Gasteiger partial charge in [-0.2, -0.15) is 15.1 Å². The van der Waals surface area contributed by atoms with Crippen LogP contribution in [-0.4, -0.2) is 50.4 Å². The molecule has 4 rings (SSSR count). The summed E-state index contributed by atoms with van der Waals surface area (Å²) in [6, 6.07) is 3.91. The molecule has 1 unspecified atom stereocenters. The van der Waals surface area contributed by atoms with Crippen molar-refractivity contribution < 1.29 is 32.6 Å². The van der Waals surface area contributed by atoms with Crippen molar-refractivity contribution in [3.05, 3.63) is 48.6 Å². The van der Waals surface area contributed by atoms with Crippen molar-refractivity contribution in [3.63, 3.8) is 0 Å². The first-order valence-corrected chi connectivity index (χ1v) is 12.1. The van der Waals surface area contributed by atoms with Crippen LogP contribution in [0.2, 0.25) is 0 Å². The van der Waals surface area contributed by atoms with Crippen LogP contribution in [0.15, 0.2) is 42.7 Å². The Morgan fingerprint density at radius 3 is 2.86 bits per heavy atom. The maximum absolute atomic E-state index is 14.1. The average Bonchev–Trinajstić information content (AvgIpc) is 3.45. The van der Waals surface area contributed by atoms with Gasteiger partial charge in [0, 0.05) is 5.92 Å². The van der Waals surface area contributed by atoms with E-state index in [9.17, 15) is 18.9 Å². The van der Waals surface area contributed by atoms with Crippen LogP contribution in [-0.2, 0) is 13.9 Å². The summed E-state index contributed by atoms with van der Waals surface area (Å²) in [6.45, 7) is 1.20. The van der Waals surface area contributed by atoms with Crippen LogP contribution in [0.1, 0.15) is 19.4 Å². The number of halogens is 1. The number of anilines is 1. The molecule has 14 heteroatoms. The number of hydrogen-bond donors (Lipinski definition) is 3. The van der Waals surface area contributed by atoms with E-state index in [-0.39, 0.29) is 36.1 Å². The van der Waals surface area contributed by atoms with Gasteiger partial charge in [-0.15, -0.1) is 0 Å². The molecular weight excluding hydrogens is 482 g/mol. The second-order valence-corrected chi connectivity index (χ2v) is 9.56. The third-order valence-electron chi connectivity index (χ3n) is 5.34. The van der Waals surface area contributed by atoms with Crippen molar-refractivity contribution in [1.29, 1.82) is 0 Å². The summed E-state index contributed by atoms with van der Waals surface area (Å²) in [5.74, 6) is -2.25. The number of rotatable bonds is 10. The van der Waals surface area contributed by atoms with Crippen LogP contribution in [0.25, 0.3) is 11.2 Å². The number of nitrogen functional groups attached to an aromatic ring is 1. The lowest BCUT2D eigenvalue weighted by atomic mass is 10.1. The van der Waals surface area contributed by atoms with Crippen molar-refractivity contribution in [2.75, 3.05) is 19.5 Å². The number of aliphatic carboxylic acids is 1. The highest BCUT2D eigenvalue weighted by Gasteiger charge is 2.34. The number of nitrogens with two attached hydrogens (primary N) is 1. The van der Waals surface area contributed by atoms with E-state index < -0.39 is 25.6 Å². The lowest BCUT2D eigenvalue weighted by molar-refractivity contribution is -0.138. The Labute approximate surface area is 199 Å². The number of para-hydroxylation sites is 1. The van der Waals surface area contributed by atoms with Gasteiger partial charge in [0.2, 0.25) is 11.8 Å². The van der Waals surface area contributed by atoms with E-state index >= 15 is 0 Å². The molecule has 4 atom stereocenters. The summed E-state index contributed by atoms with van der Waals surface area (Å²) in [4.78, 5) is 23.9. The molecule has 0 aliphatic heterocycles. The molecule has 12 nitrogen and oxygen atoms in total. The van der Waals surface area contributed by atoms with E-state index in [4.69, 9.17) is 19.5 Å². The van der Waals surface area contributed by atoms with Gasteiger partial charge in [0.05, 0.1) is 26.1 Å². The highest BCUT2D eigenvalue weighted by Crippen LogP contribution is 2.46. The number of imidazole rings is 1. The zero-order chi connectivity index (χ0) is 25.2. The first-order chi connectivity index (χ1) is 16.7. The maximum atomic E-state index is 14.1. The minimum Gasteiger partial charge on any atom is -0.480 e. The molecule has 186 valence electrons. The van der Waals surface area contributed by atoms with Gasteiger partial charge in [-0.05, 0) is 25.5 Å². The largest absolute Gasteiger partial charge is 0.480 e. The normalized spacial score (nSPS) is 20.0. The number of allylic oxidation sites excluding steroid dienone is 1. The molecule has 1 aromatic carbocycles. The molecule has 2 aromatic heterocycles. The fourth-order valence-corrected chi connectivity index (χ4v) is 5.16. The molecule has 4 N–H and O–H groups in total. The number of carboxylic acids is 1. The molecule has 0 saturated carbocycles. The van der Waals surface area contributed by atoms with E-state index in [1.54, 1.807) is 6.33 Å². The Bertz CT molecular complexity index is 1320. The molecule has 2 heterocycles. The summed E-state index contributed by atoms with van der Waals surface area (Å²) in [5.41, 5.74) is 6.74. The first-order valence-electron chi connectivity index (χ1n) is 10.6. The molecule has 0 saturated heterocycles.